The SMILES string of the molecule is CCOc1ccccc1NC(=O)CCNS(=O)(=O)c1ccc2[nH]c(=O)ccc2c1. The highest BCUT2D eigenvalue weighted by Gasteiger charge is 2.15. The molecule has 0 saturated carbocycles. The van der Waals surface area contributed by atoms with Crippen molar-refractivity contribution in [2.45, 2.75) is 18.2 Å². The molecule has 3 N–H and O–H groups in total. The topological polar surface area (TPSA) is 117 Å². The summed E-state index contributed by atoms with van der Waals surface area (Å²) >= 11 is 0. The zero-order valence-corrected chi connectivity index (χ0v) is 16.6. The van der Waals surface area contributed by atoms with Gasteiger partial charge in [0.25, 0.3) is 0 Å². The molecule has 29 heavy (non-hydrogen) atoms. The van der Waals surface area contributed by atoms with Gasteiger partial charge in [-0.25, -0.2) is 13.1 Å². The molecule has 2 aromatic carbocycles. The minimum Gasteiger partial charge on any atom is -0.492 e. The van der Waals surface area contributed by atoms with Crippen LogP contribution in [0.2, 0.25) is 0 Å². The lowest BCUT2D eigenvalue weighted by atomic mass is 10.2. The molecule has 9 heteroatoms. The van der Waals surface area contributed by atoms with E-state index in [4.69, 9.17) is 4.74 Å². The maximum atomic E-state index is 12.5. The molecule has 1 heterocycles. The quantitative estimate of drug-likeness (QED) is 0.522. The van der Waals surface area contributed by atoms with Crippen LogP contribution in [-0.2, 0) is 14.8 Å². The molecular weight excluding hydrogens is 394 g/mol. The highest BCUT2D eigenvalue weighted by Crippen LogP contribution is 2.23. The summed E-state index contributed by atoms with van der Waals surface area (Å²) in [7, 11) is -3.79. The molecule has 0 fully saturated rings. The van der Waals surface area contributed by atoms with Gasteiger partial charge in [-0.15, -0.1) is 0 Å². The number of benzene rings is 2. The van der Waals surface area contributed by atoms with Gasteiger partial charge in [-0.05, 0) is 48.7 Å². The Morgan fingerprint density at radius 2 is 1.90 bits per heavy atom. The number of anilines is 1. The molecule has 1 amide bonds. The Bertz CT molecular complexity index is 1190. The van der Waals surface area contributed by atoms with Crippen molar-refractivity contribution in [1.29, 1.82) is 0 Å². The average molecular weight is 415 g/mol. The first-order valence-electron chi connectivity index (χ1n) is 9.03. The van der Waals surface area contributed by atoms with Crippen LogP contribution in [0.1, 0.15) is 13.3 Å². The van der Waals surface area contributed by atoms with E-state index in [1.807, 2.05) is 6.92 Å². The number of hydrogen-bond acceptors (Lipinski definition) is 5. The molecule has 0 saturated heterocycles. The van der Waals surface area contributed by atoms with Crippen LogP contribution < -0.4 is 20.3 Å². The molecule has 0 spiro atoms. The highest BCUT2D eigenvalue weighted by molar-refractivity contribution is 7.89. The molecule has 1 aromatic heterocycles. The number of amides is 1. The molecular formula is C20H21N3O5S. The average Bonchev–Trinajstić information content (AvgIpc) is 2.69. The first-order valence-corrected chi connectivity index (χ1v) is 10.5. The molecule has 0 bridgehead atoms. The van der Waals surface area contributed by atoms with Crippen molar-refractivity contribution in [3.8, 4) is 5.75 Å². The number of nitrogens with one attached hydrogen (secondary N) is 3. The van der Waals surface area contributed by atoms with Crippen LogP contribution in [0.3, 0.4) is 0 Å². The van der Waals surface area contributed by atoms with Gasteiger partial charge < -0.3 is 15.0 Å². The number of para-hydroxylation sites is 2. The van der Waals surface area contributed by atoms with Crippen LogP contribution in [0, 0.1) is 0 Å². The van der Waals surface area contributed by atoms with Gasteiger partial charge in [0.2, 0.25) is 21.5 Å². The summed E-state index contributed by atoms with van der Waals surface area (Å²) in [6.45, 7) is 2.25. The predicted octanol–water partition coefficient (Wildman–Crippen LogP) is 2.23. The third kappa shape index (κ3) is 5.21. The number of aromatic amines is 1. The minimum atomic E-state index is -3.79. The number of fused-ring (bicyclic) bond motifs is 1. The standard InChI is InChI=1S/C20H21N3O5S/c1-2-28-18-6-4-3-5-17(18)23-20(25)11-12-21-29(26,27)15-8-9-16-14(13-15)7-10-19(24)22-16/h3-10,13,21H,2,11-12H2,1H3,(H,22,24)(H,23,25). The van der Waals surface area contributed by atoms with Crippen molar-refractivity contribution in [2.24, 2.45) is 0 Å². The minimum absolute atomic E-state index is 0.0411. The molecule has 0 atom stereocenters. The Labute approximate surface area is 168 Å². The lowest BCUT2D eigenvalue weighted by Crippen LogP contribution is -2.28. The van der Waals surface area contributed by atoms with E-state index in [9.17, 15) is 18.0 Å². The predicted molar refractivity (Wildman–Crippen MR) is 111 cm³/mol. The van der Waals surface area contributed by atoms with Crippen LogP contribution >= 0.6 is 0 Å². The van der Waals surface area contributed by atoms with Gasteiger partial charge in [-0.2, -0.15) is 0 Å². The normalized spacial score (nSPS) is 11.3. The van der Waals surface area contributed by atoms with Gasteiger partial charge >= 0.3 is 0 Å². The smallest absolute Gasteiger partial charge is 0.248 e. The Hall–Kier alpha value is -3.17. The molecule has 0 aliphatic carbocycles. The van der Waals surface area contributed by atoms with Crippen LogP contribution in [0.15, 0.2) is 64.3 Å². The van der Waals surface area contributed by atoms with Gasteiger partial charge in [0.05, 0.1) is 17.2 Å². The molecule has 0 unspecified atom stereocenters. The van der Waals surface area contributed by atoms with Gasteiger partial charge in [0.15, 0.2) is 0 Å². The van der Waals surface area contributed by atoms with Gasteiger partial charge in [0.1, 0.15) is 5.75 Å². The first-order chi connectivity index (χ1) is 13.9. The van der Waals surface area contributed by atoms with E-state index in [1.165, 1.54) is 24.3 Å². The molecule has 3 rings (SSSR count). The van der Waals surface area contributed by atoms with E-state index in [0.29, 0.717) is 28.9 Å². The summed E-state index contributed by atoms with van der Waals surface area (Å²) in [5.74, 6) is 0.217. The number of sulfonamides is 1. The van der Waals surface area contributed by atoms with E-state index in [0.717, 1.165) is 0 Å². The summed E-state index contributed by atoms with van der Waals surface area (Å²) in [5, 5.41) is 3.31. The number of H-pyrrole nitrogens is 1. The van der Waals surface area contributed by atoms with Crippen LogP contribution in [0.4, 0.5) is 5.69 Å². The first kappa shape index (κ1) is 20.6. The third-order valence-corrected chi connectivity index (χ3v) is 5.57. The van der Waals surface area contributed by atoms with Crippen molar-refractivity contribution in [3.05, 3.63) is 65.0 Å². The van der Waals surface area contributed by atoms with Gasteiger partial charge in [-0.3, -0.25) is 9.59 Å². The summed E-state index contributed by atoms with van der Waals surface area (Å²) < 4.78 is 32.8. The molecule has 3 aromatic rings. The van der Waals surface area contributed by atoms with Crippen LogP contribution in [-0.4, -0.2) is 32.5 Å². The van der Waals surface area contributed by atoms with Crippen molar-refractivity contribution >= 4 is 32.5 Å². The second-order valence-electron chi connectivity index (χ2n) is 6.20. The number of aromatic nitrogens is 1. The van der Waals surface area contributed by atoms with Crippen molar-refractivity contribution < 1.29 is 17.9 Å². The Kier molecular flexibility index (Phi) is 6.30. The lowest BCUT2D eigenvalue weighted by molar-refractivity contribution is -0.116. The van der Waals surface area contributed by atoms with Gasteiger partial charge in [0, 0.05) is 24.5 Å². The third-order valence-electron chi connectivity index (χ3n) is 4.11. The lowest BCUT2D eigenvalue weighted by Gasteiger charge is -2.11. The van der Waals surface area contributed by atoms with Gasteiger partial charge in [-0.1, -0.05) is 12.1 Å². The second kappa shape index (κ2) is 8.89. The molecule has 0 aliphatic heterocycles. The fraction of sp³-hybridized carbons (Fsp3) is 0.200. The number of carbonyl (C=O) groups excluding carboxylic acids is 1. The Morgan fingerprint density at radius 1 is 1.10 bits per heavy atom. The molecule has 152 valence electrons. The number of hydrogen-bond donors (Lipinski definition) is 3. The van der Waals surface area contributed by atoms with Crippen molar-refractivity contribution in [1.82, 2.24) is 9.71 Å². The van der Waals surface area contributed by atoms with E-state index < -0.39 is 10.0 Å². The fourth-order valence-electron chi connectivity index (χ4n) is 2.75. The largest absolute Gasteiger partial charge is 0.492 e. The number of rotatable bonds is 8. The zero-order valence-electron chi connectivity index (χ0n) is 15.8. The summed E-state index contributed by atoms with van der Waals surface area (Å²) in [4.78, 5) is 26.2. The molecule has 0 aliphatic rings. The monoisotopic (exact) mass is 415 g/mol. The number of carbonyl (C=O) groups is 1. The van der Waals surface area contributed by atoms with Crippen LogP contribution in [0.25, 0.3) is 10.9 Å². The number of ether oxygens (including phenoxy) is 1. The Balaban J connectivity index is 1.61. The van der Waals surface area contributed by atoms with E-state index in [-0.39, 0.29) is 29.3 Å². The van der Waals surface area contributed by atoms with E-state index in [1.54, 1.807) is 30.3 Å². The van der Waals surface area contributed by atoms with E-state index >= 15 is 0 Å². The highest BCUT2D eigenvalue weighted by atomic mass is 32.2. The molecule has 0 radical (unpaired) electrons. The summed E-state index contributed by atoms with van der Waals surface area (Å²) in [5.41, 5.74) is 0.817. The zero-order chi connectivity index (χ0) is 20.9. The van der Waals surface area contributed by atoms with Crippen molar-refractivity contribution in [3.63, 3.8) is 0 Å². The second-order valence-corrected chi connectivity index (χ2v) is 7.96. The maximum absolute atomic E-state index is 12.5. The van der Waals surface area contributed by atoms with Crippen molar-refractivity contribution in [2.75, 3.05) is 18.5 Å². The Morgan fingerprint density at radius 3 is 2.69 bits per heavy atom. The summed E-state index contributed by atoms with van der Waals surface area (Å²) in [6.07, 6.45) is -0.0411. The number of pyridine rings is 1. The van der Waals surface area contributed by atoms with Crippen LogP contribution in [0.5, 0.6) is 5.75 Å². The van der Waals surface area contributed by atoms with E-state index in [2.05, 4.69) is 15.0 Å². The summed E-state index contributed by atoms with van der Waals surface area (Å²) in [6, 6.07) is 14.3. The molecule has 8 nitrogen and oxygen atoms in total. The fourth-order valence-corrected chi connectivity index (χ4v) is 3.81. The maximum Gasteiger partial charge on any atom is 0.248 e.